The topological polar surface area (TPSA) is 279 Å². The molecule has 74 heavy (non-hydrogen) atoms. The quantitative estimate of drug-likeness (QED) is 0.0185. The fourth-order valence-electron chi connectivity index (χ4n) is 9.98. The van der Waals surface area contributed by atoms with Crippen molar-refractivity contribution in [3.63, 3.8) is 0 Å². The highest BCUT2D eigenvalue weighted by Crippen LogP contribution is 2.52. The Morgan fingerprint density at radius 1 is 0.676 bits per heavy atom. The Balaban J connectivity index is 1.53. The number of anilines is 1. The summed E-state index contributed by atoms with van der Waals surface area (Å²) in [5.74, 6) is -0.947. The van der Waals surface area contributed by atoms with Crippen molar-refractivity contribution >= 4 is 63.5 Å². The van der Waals surface area contributed by atoms with Crippen molar-refractivity contribution in [1.82, 2.24) is 5.32 Å². The zero-order valence-corrected chi connectivity index (χ0v) is 45.6. The number of fused-ring (bicyclic) bond motifs is 2. The fourth-order valence-corrected chi connectivity index (χ4v) is 12.1. The van der Waals surface area contributed by atoms with Gasteiger partial charge in [0.05, 0.1) is 26.7 Å². The van der Waals surface area contributed by atoms with Gasteiger partial charge in [-0.05, 0) is 126 Å². The van der Waals surface area contributed by atoms with Gasteiger partial charge >= 0.3 is 0 Å². The zero-order valence-electron chi connectivity index (χ0n) is 42.3. The first-order valence-corrected chi connectivity index (χ1v) is 31.3. The van der Waals surface area contributed by atoms with Gasteiger partial charge in [0.2, 0.25) is 11.6 Å². The van der Waals surface area contributed by atoms with E-state index in [1.54, 1.807) is 12.1 Å². The fraction of sp³-hybridized carbons (Fsp3) is 0.472. The lowest BCUT2D eigenvalue weighted by Crippen LogP contribution is -2.31. The summed E-state index contributed by atoms with van der Waals surface area (Å²) in [4.78, 5) is 14.1. The molecule has 0 saturated heterocycles. The lowest BCUT2D eigenvalue weighted by molar-refractivity contribution is -0.438. The van der Waals surface area contributed by atoms with Crippen molar-refractivity contribution in [3.05, 3.63) is 132 Å². The van der Waals surface area contributed by atoms with Gasteiger partial charge in [-0.15, -0.1) is 0 Å². The summed E-state index contributed by atoms with van der Waals surface area (Å²) in [6.07, 6.45) is 31.2. The second-order valence-electron chi connectivity index (χ2n) is 19.4. The highest BCUT2D eigenvalue weighted by atomic mass is 32.2. The number of nitrogens with zero attached hydrogens (tertiary/aromatic N) is 2. The Hall–Kier alpha value is -4.84. The SMILES string of the molecule is CC1(CCCCS(=O)(=O)O)C(/C=C/C=C/C=C2/N(CCCCCC(=O)NCCCCCN)c3ccc(S(=O)(=O)O)cc3C2(C)CCCCS(=O)(=O)O)=[N+](CCCC2=C/C=C\C=C/C=C\2)c2ccc(S(=O)(=O)O)cc21. The number of nitrogens with one attached hydrogen (secondary N) is 1. The van der Waals surface area contributed by atoms with Crippen LogP contribution in [0.2, 0.25) is 0 Å². The predicted octanol–water partition coefficient (Wildman–Crippen LogP) is 8.62. The molecule has 1 amide bonds. The molecule has 2 aromatic carbocycles. The van der Waals surface area contributed by atoms with Crippen LogP contribution in [0.1, 0.15) is 121 Å². The van der Waals surface area contributed by atoms with E-state index in [9.17, 15) is 56.7 Å². The molecule has 0 bridgehead atoms. The maximum Gasteiger partial charge on any atom is 0.294 e. The van der Waals surface area contributed by atoms with Crippen LogP contribution in [0.5, 0.6) is 0 Å². The molecule has 17 nitrogen and oxygen atoms in total. The molecule has 2 aromatic rings. The maximum atomic E-state index is 12.6. The Morgan fingerprint density at radius 2 is 1.30 bits per heavy atom. The minimum atomic E-state index is -4.62. The van der Waals surface area contributed by atoms with E-state index in [1.165, 1.54) is 24.3 Å². The number of allylic oxidation sites excluding steroid dienone is 14. The van der Waals surface area contributed by atoms with Crippen LogP contribution in [-0.4, -0.2) is 106 Å². The molecule has 406 valence electrons. The van der Waals surface area contributed by atoms with Gasteiger partial charge in [-0.3, -0.25) is 23.0 Å². The summed E-state index contributed by atoms with van der Waals surface area (Å²) in [6.45, 7) is 6.04. The number of hydrogen-bond donors (Lipinski definition) is 6. The van der Waals surface area contributed by atoms with E-state index in [0.717, 1.165) is 41.9 Å². The van der Waals surface area contributed by atoms with E-state index in [4.69, 9.17) is 5.73 Å². The Kier molecular flexibility index (Phi) is 21.7. The number of hydrogen-bond acceptors (Lipinski definition) is 11. The normalized spacial score (nSPS) is 21.7. The van der Waals surface area contributed by atoms with Crippen molar-refractivity contribution in [2.75, 3.05) is 42.6 Å². The summed E-state index contributed by atoms with van der Waals surface area (Å²) in [6, 6.07) is 8.88. The van der Waals surface area contributed by atoms with Crippen LogP contribution in [0.25, 0.3) is 0 Å². The number of carbonyl (C=O) groups excluding carboxylic acids is 1. The van der Waals surface area contributed by atoms with Gasteiger partial charge in [-0.25, -0.2) is 0 Å². The predicted molar refractivity (Wildman–Crippen MR) is 290 cm³/mol. The molecular formula is C53H73N4O13S4+. The smallest absolute Gasteiger partial charge is 0.294 e. The largest absolute Gasteiger partial charge is 0.356 e. The first kappa shape index (κ1) is 60.0. The van der Waals surface area contributed by atoms with E-state index >= 15 is 0 Å². The molecule has 2 aliphatic heterocycles. The van der Waals surface area contributed by atoms with Gasteiger partial charge in [-0.1, -0.05) is 86.4 Å². The summed E-state index contributed by atoms with van der Waals surface area (Å²) in [5, 5.41) is 2.96. The zero-order chi connectivity index (χ0) is 54.2. The van der Waals surface area contributed by atoms with Crippen LogP contribution in [0, 0.1) is 0 Å². The van der Waals surface area contributed by atoms with Gasteiger partial charge in [0.1, 0.15) is 6.54 Å². The standard InChI is InChI=1S/C53H72N4O13S4/c1-52(32-14-19-38-71(59,60)61)45-40-43(73(65,66)67)28-30-47(45)56(36-18-7-13-27-51(58)55-35-17-8-16-34-54)49(52)25-11-6-12-26-50-53(2,33-15-20-39-72(62,63)64)46-41-44(74(68,69)70)29-31-48(46)57(50)37-21-24-42-22-9-4-3-5-10-23-42/h3-6,9-12,22-23,25-26,28-31,40-41H,7-8,13-21,24,27,32-39,54H2,1-2H3,(H4-,55,58,59,60,61,62,63,64,65,66,67,68,69,70)/p+1/b4-3-,5-3?,9-4?,10-5-,22-9-,23-10?,42-22?,42-23+. The van der Waals surface area contributed by atoms with Gasteiger partial charge in [0, 0.05) is 60.4 Å². The Labute approximate surface area is 438 Å². The molecule has 7 N–H and O–H groups in total. The van der Waals surface area contributed by atoms with Crippen LogP contribution in [0.15, 0.2) is 130 Å². The summed E-state index contributed by atoms with van der Waals surface area (Å²) < 4.78 is 138. The molecular weight excluding hydrogens is 1030 g/mol. The van der Waals surface area contributed by atoms with Gasteiger partial charge < -0.3 is 16.0 Å². The van der Waals surface area contributed by atoms with E-state index in [-0.39, 0.29) is 28.5 Å². The molecule has 5 rings (SSSR count). The van der Waals surface area contributed by atoms with Crippen LogP contribution in [0.4, 0.5) is 11.4 Å². The monoisotopic (exact) mass is 1100 g/mol. The molecule has 0 saturated carbocycles. The second-order valence-corrected chi connectivity index (χ2v) is 25.4. The lowest BCUT2D eigenvalue weighted by Gasteiger charge is -2.30. The molecule has 1 aliphatic carbocycles. The highest BCUT2D eigenvalue weighted by Gasteiger charge is 2.48. The molecule has 0 radical (unpaired) electrons. The second kappa shape index (κ2) is 26.8. The Morgan fingerprint density at radius 3 is 1.96 bits per heavy atom. The molecule has 0 aromatic heterocycles. The molecule has 3 aliphatic rings. The average Bonchev–Trinajstić information content (AvgIpc) is 3.68. The first-order valence-electron chi connectivity index (χ1n) is 25.2. The molecule has 2 heterocycles. The van der Waals surface area contributed by atoms with Crippen molar-refractivity contribution in [2.45, 2.75) is 131 Å². The van der Waals surface area contributed by atoms with Crippen molar-refractivity contribution in [3.8, 4) is 0 Å². The third-order valence-corrected chi connectivity index (χ3v) is 17.1. The summed E-state index contributed by atoms with van der Waals surface area (Å²) in [5.41, 5.74) is 9.05. The highest BCUT2D eigenvalue weighted by molar-refractivity contribution is 7.86. The van der Waals surface area contributed by atoms with Crippen LogP contribution >= 0.6 is 0 Å². The van der Waals surface area contributed by atoms with E-state index < -0.39 is 62.8 Å². The number of nitrogens with two attached hydrogens (primary N) is 1. The van der Waals surface area contributed by atoms with Gasteiger partial charge in [0.15, 0.2) is 5.71 Å². The third-order valence-electron chi connectivity index (χ3n) is 13.8. The average molecular weight is 1100 g/mol. The molecule has 0 fully saturated rings. The van der Waals surface area contributed by atoms with E-state index in [0.29, 0.717) is 107 Å². The molecule has 0 spiro atoms. The molecule has 2 atom stereocenters. The maximum absolute atomic E-state index is 12.6. The Bertz CT molecular complexity index is 3050. The lowest BCUT2D eigenvalue weighted by atomic mass is 9.75. The van der Waals surface area contributed by atoms with Crippen LogP contribution in [-0.2, 0) is 56.1 Å². The first-order chi connectivity index (χ1) is 34.9. The number of rotatable bonds is 30. The van der Waals surface area contributed by atoms with E-state index in [1.807, 2.05) is 86.8 Å². The summed E-state index contributed by atoms with van der Waals surface area (Å²) in [7, 11) is -17.7. The number of amides is 1. The summed E-state index contributed by atoms with van der Waals surface area (Å²) >= 11 is 0. The van der Waals surface area contributed by atoms with E-state index in [2.05, 4.69) is 14.8 Å². The van der Waals surface area contributed by atoms with Crippen molar-refractivity contribution in [2.24, 2.45) is 5.73 Å². The van der Waals surface area contributed by atoms with Crippen LogP contribution in [0.3, 0.4) is 0 Å². The number of carbonyl (C=O) groups is 1. The molecule has 2 unspecified atom stereocenters. The third kappa shape index (κ3) is 17.4. The van der Waals surface area contributed by atoms with Crippen molar-refractivity contribution in [1.29, 1.82) is 0 Å². The van der Waals surface area contributed by atoms with Crippen LogP contribution < -0.4 is 16.0 Å². The molecule has 21 heteroatoms. The van der Waals surface area contributed by atoms with Crippen molar-refractivity contribution < 1.29 is 61.3 Å². The number of unbranched alkanes of at least 4 members (excludes halogenated alkanes) is 6. The minimum Gasteiger partial charge on any atom is -0.356 e. The minimum absolute atomic E-state index is 0.0305. The number of benzene rings is 2. The van der Waals surface area contributed by atoms with Gasteiger partial charge in [-0.2, -0.15) is 38.2 Å². The van der Waals surface area contributed by atoms with Gasteiger partial charge in [0.25, 0.3) is 40.5 Å².